The van der Waals surface area contributed by atoms with Crippen molar-refractivity contribution in [3.63, 3.8) is 0 Å². The topological polar surface area (TPSA) is 79.7 Å². The van der Waals surface area contributed by atoms with Crippen LogP contribution in [0.2, 0.25) is 0 Å². The fourth-order valence-electron chi connectivity index (χ4n) is 2.88. The van der Waals surface area contributed by atoms with Crippen molar-refractivity contribution in [1.82, 2.24) is 9.88 Å². The Balaban J connectivity index is 0.000000321. The van der Waals surface area contributed by atoms with Crippen LogP contribution < -0.4 is 4.74 Å². The molecule has 1 amide bonds. The number of halogens is 3. The van der Waals surface area contributed by atoms with E-state index in [1.165, 1.54) is 0 Å². The number of amides is 1. The van der Waals surface area contributed by atoms with Crippen LogP contribution in [0.25, 0.3) is 0 Å². The van der Waals surface area contributed by atoms with Crippen LogP contribution in [-0.2, 0) is 9.59 Å². The number of aromatic nitrogens is 1. The van der Waals surface area contributed by atoms with Crippen molar-refractivity contribution >= 4 is 23.6 Å². The predicted molar refractivity (Wildman–Crippen MR) is 93.6 cm³/mol. The lowest BCUT2D eigenvalue weighted by Crippen LogP contribution is -2.61. The highest BCUT2D eigenvalue weighted by atomic mass is 32.2. The van der Waals surface area contributed by atoms with Crippen molar-refractivity contribution in [2.75, 3.05) is 18.8 Å². The molecule has 0 aromatic carbocycles. The summed E-state index contributed by atoms with van der Waals surface area (Å²) >= 11 is 1.95. The van der Waals surface area contributed by atoms with Gasteiger partial charge in [0.2, 0.25) is 5.91 Å². The second-order valence-corrected chi connectivity index (χ2v) is 8.27. The summed E-state index contributed by atoms with van der Waals surface area (Å²) in [6.45, 7) is 5.68. The number of carbonyl (C=O) groups is 2. The van der Waals surface area contributed by atoms with Crippen LogP contribution in [-0.4, -0.2) is 62.7 Å². The highest BCUT2D eigenvalue weighted by molar-refractivity contribution is 8.01. The zero-order chi connectivity index (χ0) is 20.2. The van der Waals surface area contributed by atoms with Gasteiger partial charge in [-0.25, -0.2) is 4.79 Å². The minimum absolute atomic E-state index is 0.0983. The molecule has 0 radical (unpaired) electrons. The van der Waals surface area contributed by atoms with Gasteiger partial charge in [0.1, 0.15) is 11.9 Å². The Morgan fingerprint density at radius 3 is 2.52 bits per heavy atom. The molecule has 3 heterocycles. The normalized spacial score (nSPS) is 20.7. The van der Waals surface area contributed by atoms with E-state index in [-0.39, 0.29) is 22.7 Å². The Labute approximate surface area is 159 Å². The lowest BCUT2D eigenvalue weighted by molar-refractivity contribution is -0.192. The number of carboxylic acids is 1. The summed E-state index contributed by atoms with van der Waals surface area (Å²) in [6, 6.07) is 3.83. The van der Waals surface area contributed by atoms with Crippen molar-refractivity contribution in [2.45, 2.75) is 37.3 Å². The molecule has 2 aliphatic heterocycles. The molecule has 2 fully saturated rings. The van der Waals surface area contributed by atoms with E-state index < -0.39 is 12.1 Å². The number of likely N-dealkylation sites (tertiary alicyclic amines) is 1. The molecule has 6 nitrogen and oxygen atoms in total. The van der Waals surface area contributed by atoms with E-state index in [9.17, 15) is 18.0 Å². The zero-order valence-corrected chi connectivity index (χ0v) is 15.7. The number of hydrogen-bond donors (Lipinski definition) is 1. The van der Waals surface area contributed by atoms with Crippen LogP contribution >= 0.6 is 11.8 Å². The van der Waals surface area contributed by atoms with Crippen molar-refractivity contribution < 1.29 is 32.6 Å². The molecule has 27 heavy (non-hydrogen) atoms. The van der Waals surface area contributed by atoms with E-state index in [4.69, 9.17) is 14.6 Å². The van der Waals surface area contributed by atoms with E-state index >= 15 is 0 Å². The van der Waals surface area contributed by atoms with E-state index in [2.05, 4.69) is 4.98 Å². The van der Waals surface area contributed by atoms with Crippen molar-refractivity contribution in [3.8, 4) is 5.75 Å². The first-order valence-electron chi connectivity index (χ1n) is 8.32. The number of aliphatic carboxylic acids is 1. The SMILES string of the molecule is CC(C)C(=O)N1CC2(CC(Oc3cccnc3)CS2)C1.O=C(O)C(F)(F)F. The van der Waals surface area contributed by atoms with Gasteiger partial charge in [0.15, 0.2) is 0 Å². The molecule has 1 aromatic rings. The Kier molecular flexibility index (Phi) is 6.61. The van der Waals surface area contributed by atoms with Gasteiger partial charge >= 0.3 is 12.1 Å². The second-order valence-electron chi connectivity index (χ2n) is 6.78. The largest absolute Gasteiger partial charge is 0.490 e. The summed E-state index contributed by atoms with van der Waals surface area (Å²) in [7, 11) is 0. The first-order valence-corrected chi connectivity index (χ1v) is 9.30. The number of pyridine rings is 1. The molecule has 0 saturated carbocycles. The van der Waals surface area contributed by atoms with Gasteiger partial charge in [0.05, 0.1) is 10.9 Å². The highest BCUT2D eigenvalue weighted by Gasteiger charge is 2.51. The number of thioether (sulfide) groups is 1. The van der Waals surface area contributed by atoms with Crippen molar-refractivity contribution in [1.29, 1.82) is 0 Å². The summed E-state index contributed by atoms with van der Waals surface area (Å²) in [5, 5.41) is 7.12. The molecule has 1 aromatic heterocycles. The first kappa shape index (κ1) is 21.3. The van der Waals surface area contributed by atoms with Gasteiger partial charge in [0.25, 0.3) is 0 Å². The fourth-order valence-corrected chi connectivity index (χ4v) is 4.40. The standard InChI is InChI=1S/C15H20N2O2S.C2HF3O2/c1-11(2)14(18)17-9-15(10-17)6-13(8-20-15)19-12-4-3-5-16-7-12;3-2(4,5)1(6)7/h3-5,7,11,13H,6,8-10H2,1-2H3;(H,6,7). The Morgan fingerprint density at radius 2 is 2.04 bits per heavy atom. The quantitative estimate of drug-likeness (QED) is 0.832. The number of hydrogen-bond acceptors (Lipinski definition) is 5. The van der Waals surface area contributed by atoms with Crippen LogP contribution in [0.1, 0.15) is 20.3 Å². The lowest BCUT2D eigenvalue weighted by atomic mass is 9.92. The number of alkyl halides is 3. The Morgan fingerprint density at radius 1 is 1.41 bits per heavy atom. The van der Waals surface area contributed by atoms with Gasteiger partial charge < -0.3 is 14.7 Å². The first-order chi connectivity index (χ1) is 12.5. The second kappa shape index (κ2) is 8.37. The molecule has 2 saturated heterocycles. The van der Waals surface area contributed by atoms with Gasteiger partial charge in [-0.1, -0.05) is 13.8 Å². The Bertz CT molecular complexity index is 664. The van der Waals surface area contributed by atoms with Gasteiger partial charge in [-0.3, -0.25) is 9.78 Å². The molecule has 10 heteroatoms. The maximum absolute atomic E-state index is 11.9. The highest BCUT2D eigenvalue weighted by Crippen LogP contribution is 2.46. The Hall–Kier alpha value is -1.97. The monoisotopic (exact) mass is 406 g/mol. The molecule has 1 atom stereocenters. The number of rotatable bonds is 3. The van der Waals surface area contributed by atoms with Crippen molar-refractivity contribution in [3.05, 3.63) is 24.5 Å². The minimum Gasteiger partial charge on any atom is -0.488 e. The molecule has 3 rings (SSSR count). The van der Waals surface area contributed by atoms with Gasteiger partial charge in [-0.15, -0.1) is 11.8 Å². The number of ether oxygens (including phenoxy) is 1. The molecule has 0 aliphatic carbocycles. The summed E-state index contributed by atoms with van der Waals surface area (Å²) in [5.41, 5.74) is 0. The summed E-state index contributed by atoms with van der Waals surface area (Å²) < 4.78 is 37.9. The molecular formula is C17H21F3N2O4S. The van der Waals surface area contributed by atoms with E-state index in [1.54, 1.807) is 12.4 Å². The molecule has 2 aliphatic rings. The van der Waals surface area contributed by atoms with Gasteiger partial charge in [0, 0.05) is 37.4 Å². The third-order valence-electron chi connectivity index (χ3n) is 4.12. The summed E-state index contributed by atoms with van der Waals surface area (Å²) in [5.74, 6) is -0.551. The molecular weight excluding hydrogens is 385 g/mol. The third kappa shape index (κ3) is 5.75. The van der Waals surface area contributed by atoms with Crippen LogP contribution in [0.4, 0.5) is 13.2 Å². The maximum atomic E-state index is 11.9. The number of nitrogens with zero attached hydrogens (tertiary/aromatic N) is 2. The van der Waals surface area contributed by atoms with E-state index in [0.717, 1.165) is 31.0 Å². The molecule has 1 N–H and O–H groups in total. The van der Waals surface area contributed by atoms with E-state index in [0.29, 0.717) is 0 Å². The van der Waals surface area contributed by atoms with Crippen LogP contribution in [0.5, 0.6) is 5.75 Å². The maximum Gasteiger partial charge on any atom is 0.490 e. The summed E-state index contributed by atoms with van der Waals surface area (Å²) in [6.07, 6.45) is -0.320. The van der Waals surface area contributed by atoms with Crippen LogP contribution in [0, 0.1) is 5.92 Å². The molecule has 1 unspecified atom stereocenters. The summed E-state index contributed by atoms with van der Waals surface area (Å²) in [4.78, 5) is 26.9. The van der Waals surface area contributed by atoms with Gasteiger partial charge in [-0.2, -0.15) is 13.2 Å². The average molecular weight is 406 g/mol. The molecule has 0 bridgehead atoms. The van der Waals surface area contributed by atoms with E-state index in [1.807, 2.05) is 42.6 Å². The number of carboxylic acid groups (broad SMARTS) is 1. The number of carbonyl (C=O) groups excluding carboxylic acids is 1. The van der Waals surface area contributed by atoms with Crippen LogP contribution in [0.3, 0.4) is 0 Å². The third-order valence-corrected chi connectivity index (χ3v) is 5.69. The van der Waals surface area contributed by atoms with Gasteiger partial charge in [-0.05, 0) is 12.1 Å². The smallest absolute Gasteiger partial charge is 0.488 e. The molecule has 1 spiro atoms. The minimum atomic E-state index is -5.08. The fraction of sp³-hybridized carbons (Fsp3) is 0.588. The average Bonchev–Trinajstić information content (AvgIpc) is 2.97. The zero-order valence-electron chi connectivity index (χ0n) is 14.9. The molecule has 150 valence electrons. The lowest BCUT2D eigenvalue weighted by Gasteiger charge is -2.48. The van der Waals surface area contributed by atoms with Crippen LogP contribution in [0.15, 0.2) is 24.5 Å². The van der Waals surface area contributed by atoms with Crippen molar-refractivity contribution in [2.24, 2.45) is 5.92 Å². The predicted octanol–water partition coefficient (Wildman–Crippen LogP) is 2.84.